The van der Waals surface area contributed by atoms with Gasteiger partial charge < -0.3 is 0 Å². The summed E-state index contributed by atoms with van der Waals surface area (Å²) < 4.78 is 14.6. The van der Waals surface area contributed by atoms with Crippen LogP contribution < -0.4 is 0 Å². The van der Waals surface area contributed by atoms with Gasteiger partial charge in [-0.25, -0.2) is 4.39 Å². The first-order valence-electron chi connectivity index (χ1n) is 4.36. The molecule has 0 aliphatic carbocycles. The van der Waals surface area contributed by atoms with Crippen molar-refractivity contribution in [2.75, 3.05) is 0 Å². The van der Waals surface area contributed by atoms with Crippen molar-refractivity contribution in [3.05, 3.63) is 53.6 Å². The van der Waals surface area contributed by atoms with Crippen molar-refractivity contribution in [3.63, 3.8) is 0 Å². The Kier molecular flexibility index (Phi) is 2.46. The summed E-state index contributed by atoms with van der Waals surface area (Å²) in [5, 5.41) is 12.8. The lowest BCUT2D eigenvalue weighted by Gasteiger charge is -2.04. The summed E-state index contributed by atoms with van der Waals surface area (Å²) in [4.78, 5) is 0. The number of nitrogens with zero attached hydrogens (tertiary/aromatic N) is 3. The topological polar surface area (TPSA) is 41.6 Å². The molecule has 1 heterocycles. The summed E-state index contributed by atoms with van der Waals surface area (Å²) in [6, 6.07) is 8.89. The molecule has 0 atom stereocenters. The highest BCUT2D eigenvalue weighted by Gasteiger charge is 2.04. The fourth-order valence-corrected chi connectivity index (χ4v) is 1.32. The van der Waals surface area contributed by atoms with Gasteiger partial charge in [-0.3, -0.25) is 4.68 Å². The number of aromatic nitrogens is 2. The number of halogens is 1. The number of rotatable bonds is 2. The summed E-state index contributed by atoms with van der Waals surface area (Å²) in [5.74, 6) is -0.347. The van der Waals surface area contributed by atoms with E-state index in [2.05, 4.69) is 11.2 Å². The van der Waals surface area contributed by atoms with Gasteiger partial charge in [-0.05, 0) is 23.8 Å². The van der Waals surface area contributed by atoms with Crippen molar-refractivity contribution in [3.8, 4) is 6.07 Å². The van der Waals surface area contributed by atoms with Crippen LogP contribution in [-0.4, -0.2) is 9.78 Å². The lowest BCUT2D eigenvalue weighted by Crippen LogP contribution is -2.02. The molecule has 2 aromatic rings. The second-order valence-corrected chi connectivity index (χ2v) is 3.05. The van der Waals surface area contributed by atoms with Crippen LogP contribution in [0, 0.1) is 23.2 Å². The molecule has 0 amide bonds. The van der Waals surface area contributed by atoms with Gasteiger partial charge >= 0.3 is 0 Å². The second-order valence-electron chi connectivity index (χ2n) is 3.05. The van der Waals surface area contributed by atoms with E-state index in [1.165, 1.54) is 24.4 Å². The molecule has 0 saturated carbocycles. The highest BCUT2D eigenvalue weighted by Crippen LogP contribution is 2.11. The van der Waals surface area contributed by atoms with Crippen molar-refractivity contribution in [1.29, 1.82) is 5.26 Å². The zero-order valence-electron chi connectivity index (χ0n) is 7.81. The first kappa shape index (κ1) is 9.41. The van der Waals surface area contributed by atoms with Crippen LogP contribution in [0.15, 0.2) is 30.6 Å². The Bertz CT molecular complexity index is 497. The highest BCUT2D eigenvalue weighted by molar-refractivity contribution is 5.37. The third-order valence-electron chi connectivity index (χ3n) is 2.02. The van der Waals surface area contributed by atoms with Crippen molar-refractivity contribution >= 4 is 0 Å². The van der Waals surface area contributed by atoms with E-state index in [0.29, 0.717) is 17.7 Å². The van der Waals surface area contributed by atoms with Gasteiger partial charge in [0.2, 0.25) is 0 Å². The zero-order valence-corrected chi connectivity index (χ0v) is 7.81. The van der Waals surface area contributed by atoms with Crippen LogP contribution in [0.25, 0.3) is 0 Å². The SMILES string of the molecule is N#Cc1ccc(F)cc1Cn1c[c]cn1. The molecule has 0 saturated heterocycles. The Hall–Kier alpha value is -2.15. The van der Waals surface area contributed by atoms with E-state index in [0.717, 1.165) is 0 Å². The fourth-order valence-electron chi connectivity index (χ4n) is 1.32. The quantitative estimate of drug-likeness (QED) is 0.740. The summed E-state index contributed by atoms with van der Waals surface area (Å²) in [6.45, 7) is 0.379. The van der Waals surface area contributed by atoms with Gasteiger partial charge in [-0.2, -0.15) is 10.4 Å². The Labute approximate surface area is 86.4 Å². The van der Waals surface area contributed by atoms with Gasteiger partial charge in [0.25, 0.3) is 0 Å². The van der Waals surface area contributed by atoms with E-state index in [-0.39, 0.29) is 5.82 Å². The molecule has 0 aliphatic heterocycles. The maximum Gasteiger partial charge on any atom is 0.123 e. The molecule has 0 N–H and O–H groups in total. The average Bonchev–Trinajstić information content (AvgIpc) is 2.71. The summed E-state index contributed by atoms with van der Waals surface area (Å²) in [7, 11) is 0. The number of nitriles is 1. The zero-order chi connectivity index (χ0) is 10.7. The molecule has 1 aromatic carbocycles. The van der Waals surface area contributed by atoms with Crippen molar-refractivity contribution < 1.29 is 4.39 Å². The van der Waals surface area contributed by atoms with Crippen LogP contribution in [0.1, 0.15) is 11.1 Å². The van der Waals surface area contributed by atoms with Crippen LogP contribution in [-0.2, 0) is 6.54 Å². The van der Waals surface area contributed by atoms with E-state index in [1.807, 2.05) is 6.07 Å². The number of hydrogen-bond donors (Lipinski definition) is 0. The van der Waals surface area contributed by atoms with Crippen LogP contribution in [0.4, 0.5) is 4.39 Å². The van der Waals surface area contributed by atoms with Gasteiger partial charge in [0.15, 0.2) is 0 Å². The summed E-state index contributed by atoms with van der Waals surface area (Å²) in [6.07, 6.45) is 3.16. The monoisotopic (exact) mass is 200 g/mol. The molecule has 0 unspecified atom stereocenters. The lowest BCUT2D eigenvalue weighted by atomic mass is 10.1. The molecule has 2 rings (SSSR count). The molecule has 73 valence electrons. The highest BCUT2D eigenvalue weighted by atomic mass is 19.1. The Morgan fingerprint density at radius 3 is 3.07 bits per heavy atom. The molecule has 0 aliphatic rings. The molecule has 0 bridgehead atoms. The van der Waals surface area contributed by atoms with Gasteiger partial charge in [0.05, 0.1) is 24.4 Å². The minimum absolute atomic E-state index is 0.347. The molecular weight excluding hydrogens is 193 g/mol. The van der Waals surface area contributed by atoms with Crippen molar-refractivity contribution in [1.82, 2.24) is 9.78 Å². The normalized spacial score (nSPS) is 9.87. The summed E-state index contributed by atoms with van der Waals surface area (Å²) >= 11 is 0. The van der Waals surface area contributed by atoms with Crippen molar-refractivity contribution in [2.24, 2.45) is 0 Å². The average molecular weight is 200 g/mol. The third kappa shape index (κ3) is 2.02. The van der Waals surface area contributed by atoms with Crippen molar-refractivity contribution in [2.45, 2.75) is 6.54 Å². The minimum atomic E-state index is -0.347. The van der Waals surface area contributed by atoms with E-state index < -0.39 is 0 Å². The second kappa shape index (κ2) is 3.93. The van der Waals surface area contributed by atoms with Crippen LogP contribution in [0.5, 0.6) is 0 Å². The van der Waals surface area contributed by atoms with Gasteiger partial charge in [-0.1, -0.05) is 0 Å². The maximum absolute atomic E-state index is 13.0. The largest absolute Gasteiger partial charge is 0.268 e. The number of hydrogen-bond acceptors (Lipinski definition) is 2. The molecule has 1 aromatic heterocycles. The van der Waals surface area contributed by atoms with Gasteiger partial charge in [-0.15, -0.1) is 0 Å². The molecule has 0 spiro atoms. The molecular formula is C11H7FN3. The minimum Gasteiger partial charge on any atom is -0.268 e. The Morgan fingerprint density at radius 2 is 2.40 bits per heavy atom. The van der Waals surface area contributed by atoms with Gasteiger partial charge in [0.1, 0.15) is 5.82 Å². The van der Waals surface area contributed by atoms with E-state index in [1.54, 1.807) is 10.9 Å². The lowest BCUT2D eigenvalue weighted by molar-refractivity contribution is 0.618. The number of benzene rings is 1. The fraction of sp³-hybridized carbons (Fsp3) is 0.0909. The molecule has 4 heteroatoms. The standard InChI is InChI=1S/C11H7FN3/c12-11-3-2-9(7-13)10(6-11)8-15-5-1-4-14-15/h2-6H,8H2. The Morgan fingerprint density at radius 1 is 1.53 bits per heavy atom. The Balaban J connectivity index is 2.35. The van der Waals surface area contributed by atoms with E-state index >= 15 is 0 Å². The smallest absolute Gasteiger partial charge is 0.123 e. The maximum atomic E-state index is 13.0. The van der Waals surface area contributed by atoms with Crippen LogP contribution in [0.2, 0.25) is 0 Å². The predicted octanol–water partition coefficient (Wildman–Crippen LogP) is 1.74. The molecule has 15 heavy (non-hydrogen) atoms. The molecule has 1 radical (unpaired) electrons. The first-order valence-corrected chi connectivity index (χ1v) is 4.36. The predicted molar refractivity (Wildman–Crippen MR) is 51.3 cm³/mol. The van der Waals surface area contributed by atoms with E-state index in [9.17, 15) is 4.39 Å². The molecule has 0 fully saturated rings. The van der Waals surface area contributed by atoms with E-state index in [4.69, 9.17) is 5.26 Å². The van der Waals surface area contributed by atoms with Gasteiger partial charge in [0, 0.05) is 12.3 Å². The van der Waals surface area contributed by atoms with Crippen LogP contribution in [0.3, 0.4) is 0 Å². The first-order chi connectivity index (χ1) is 7.29. The molecule has 3 nitrogen and oxygen atoms in total. The third-order valence-corrected chi connectivity index (χ3v) is 2.02. The summed E-state index contributed by atoms with van der Waals surface area (Å²) in [5.41, 5.74) is 1.08. The van der Waals surface area contributed by atoms with Crippen LogP contribution >= 0.6 is 0 Å².